The van der Waals surface area contributed by atoms with Crippen molar-refractivity contribution >= 4 is 11.9 Å². The number of benzene rings is 1. The summed E-state index contributed by atoms with van der Waals surface area (Å²) in [7, 11) is 0. The minimum absolute atomic E-state index is 0.0246. The fourth-order valence-electron chi connectivity index (χ4n) is 4.47. The predicted molar refractivity (Wildman–Crippen MR) is 123 cm³/mol. The first kappa shape index (κ1) is 23.5. The highest BCUT2D eigenvalue weighted by atomic mass is 19.1. The number of amides is 1. The summed E-state index contributed by atoms with van der Waals surface area (Å²) in [5.41, 5.74) is 5.92. The van der Waals surface area contributed by atoms with Gasteiger partial charge in [0.25, 0.3) is 5.91 Å². The summed E-state index contributed by atoms with van der Waals surface area (Å²) in [6.45, 7) is 7.50. The lowest BCUT2D eigenvalue weighted by Crippen LogP contribution is -2.34. The van der Waals surface area contributed by atoms with Gasteiger partial charge in [-0.15, -0.1) is 0 Å². The molecule has 0 saturated carbocycles. The van der Waals surface area contributed by atoms with Crippen molar-refractivity contribution in [2.75, 3.05) is 37.7 Å². The SMILES string of the molecule is CC(C)c1noc(N2CCC(CCCOc3ccc(C(=O)N4CC[C@H](N)C4)c(F)c3)CC2)n1. The first-order valence-electron chi connectivity index (χ1n) is 12.0. The molecule has 9 heteroatoms. The zero-order valence-electron chi connectivity index (χ0n) is 19.5. The van der Waals surface area contributed by atoms with Gasteiger partial charge in [0.2, 0.25) is 0 Å². The molecule has 1 atom stereocenters. The average Bonchev–Trinajstić information content (AvgIpc) is 3.46. The third-order valence-electron chi connectivity index (χ3n) is 6.54. The molecule has 1 aromatic heterocycles. The van der Waals surface area contributed by atoms with Gasteiger partial charge in [0.1, 0.15) is 11.6 Å². The Bertz CT molecular complexity index is 942. The summed E-state index contributed by atoms with van der Waals surface area (Å²) >= 11 is 0. The Kier molecular flexibility index (Phi) is 7.47. The van der Waals surface area contributed by atoms with Gasteiger partial charge in [0.15, 0.2) is 5.82 Å². The highest BCUT2D eigenvalue weighted by Gasteiger charge is 2.27. The molecule has 0 aliphatic carbocycles. The average molecular weight is 460 g/mol. The molecule has 33 heavy (non-hydrogen) atoms. The van der Waals surface area contributed by atoms with E-state index in [0.717, 1.165) is 51.0 Å². The van der Waals surface area contributed by atoms with Crippen LogP contribution in [0.5, 0.6) is 5.75 Å². The van der Waals surface area contributed by atoms with Gasteiger partial charge in [-0.3, -0.25) is 4.79 Å². The van der Waals surface area contributed by atoms with Crippen molar-refractivity contribution in [1.29, 1.82) is 0 Å². The lowest BCUT2D eigenvalue weighted by molar-refractivity contribution is 0.0786. The van der Waals surface area contributed by atoms with E-state index in [1.807, 2.05) is 0 Å². The number of halogens is 1. The second-order valence-electron chi connectivity index (χ2n) is 9.45. The molecule has 0 unspecified atom stereocenters. The van der Waals surface area contributed by atoms with E-state index in [0.29, 0.717) is 37.4 Å². The van der Waals surface area contributed by atoms with Crippen LogP contribution in [-0.4, -0.2) is 59.8 Å². The molecule has 2 saturated heterocycles. The zero-order chi connectivity index (χ0) is 23.4. The molecule has 0 bridgehead atoms. The molecule has 3 heterocycles. The Morgan fingerprint density at radius 2 is 2.06 bits per heavy atom. The number of ether oxygens (including phenoxy) is 1. The second-order valence-corrected chi connectivity index (χ2v) is 9.45. The van der Waals surface area contributed by atoms with Crippen LogP contribution in [-0.2, 0) is 0 Å². The third kappa shape index (κ3) is 5.82. The molecule has 2 N–H and O–H groups in total. The lowest BCUT2D eigenvalue weighted by atomic mass is 9.92. The smallest absolute Gasteiger partial charge is 0.324 e. The normalized spacial score (nSPS) is 19.5. The van der Waals surface area contributed by atoms with Crippen LogP contribution in [0.1, 0.15) is 68.1 Å². The number of rotatable bonds is 8. The number of carbonyl (C=O) groups is 1. The molecular formula is C24H34FN5O3. The quantitative estimate of drug-likeness (QED) is 0.603. The summed E-state index contributed by atoms with van der Waals surface area (Å²) in [6.07, 6.45) is 4.86. The maximum absolute atomic E-state index is 14.5. The van der Waals surface area contributed by atoms with Crippen molar-refractivity contribution in [2.45, 2.75) is 57.9 Å². The number of hydrogen-bond acceptors (Lipinski definition) is 7. The summed E-state index contributed by atoms with van der Waals surface area (Å²) in [5, 5.41) is 4.05. The van der Waals surface area contributed by atoms with E-state index in [1.165, 1.54) is 12.1 Å². The van der Waals surface area contributed by atoms with Crippen molar-refractivity contribution < 1.29 is 18.4 Å². The number of carbonyl (C=O) groups excluding carboxylic acids is 1. The Labute approximate surface area is 194 Å². The fourth-order valence-corrected chi connectivity index (χ4v) is 4.47. The molecule has 0 radical (unpaired) electrons. The number of hydrogen-bond donors (Lipinski definition) is 1. The van der Waals surface area contributed by atoms with Crippen LogP contribution in [0, 0.1) is 11.7 Å². The van der Waals surface area contributed by atoms with Gasteiger partial charge in [0, 0.05) is 44.2 Å². The van der Waals surface area contributed by atoms with Crippen LogP contribution in [0.25, 0.3) is 0 Å². The van der Waals surface area contributed by atoms with Gasteiger partial charge in [-0.2, -0.15) is 4.98 Å². The molecule has 2 aliphatic heterocycles. The number of anilines is 1. The molecule has 8 nitrogen and oxygen atoms in total. The summed E-state index contributed by atoms with van der Waals surface area (Å²) in [4.78, 5) is 20.7. The highest BCUT2D eigenvalue weighted by molar-refractivity contribution is 5.94. The molecule has 180 valence electrons. The number of likely N-dealkylation sites (tertiary alicyclic amines) is 1. The Hall–Kier alpha value is -2.68. The fraction of sp³-hybridized carbons (Fsp3) is 0.625. The number of piperidine rings is 1. The minimum Gasteiger partial charge on any atom is -0.493 e. The van der Waals surface area contributed by atoms with Crippen LogP contribution in [0.3, 0.4) is 0 Å². The summed E-state index contributed by atoms with van der Waals surface area (Å²) < 4.78 is 25.6. The largest absolute Gasteiger partial charge is 0.493 e. The number of nitrogens with zero attached hydrogens (tertiary/aromatic N) is 4. The van der Waals surface area contributed by atoms with Crippen molar-refractivity contribution in [3.05, 3.63) is 35.4 Å². The summed E-state index contributed by atoms with van der Waals surface area (Å²) in [5.74, 6) is 1.23. The number of aromatic nitrogens is 2. The maximum atomic E-state index is 14.5. The molecule has 4 rings (SSSR count). The van der Waals surface area contributed by atoms with Crippen molar-refractivity contribution in [3.63, 3.8) is 0 Å². The first-order chi connectivity index (χ1) is 15.9. The molecule has 1 aromatic carbocycles. The van der Waals surface area contributed by atoms with E-state index in [2.05, 4.69) is 28.9 Å². The first-order valence-corrected chi connectivity index (χ1v) is 12.0. The van der Waals surface area contributed by atoms with Crippen LogP contribution in [0.15, 0.2) is 22.7 Å². The van der Waals surface area contributed by atoms with Gasteiger partial charge >= 0.3 is 6.01 Å². The monoisotopic (exact) mass is 459 g/mol. The van der Waals surface area contributed by atoms with Gasteiger partial charge in [-0.1, -0.05) is 19.0 Å². The van der Waals surface area contributed by atoms with E-state index in [9.17, 15) is 9.18 Å². The van der Waals surface area contributed by atoms with Crippen LogP contribution in [0.2, 0.25) is 0 Å². The van der Waals surface area contributed by atoms with Gasteiger partial charge in [0.05, 0.1) is 12.2 Å². The van der Waals surface area contributed by atoms with Gasteiger partial charge in [-0.25, -0.2) is 4.39 Å². The molecular weight excluding hydrogens is 425 g/mol. The van der Waals surface area contributed by atoms with Crippen LogP contribution < -0.4 is 15.4 Å². The molecule has 1 amide bonds. The Morgan fingerprint density at radius 3 is 2.70 bits per heavy atom. The maximum Gasteiger partial charge on any atom is 0.324 e. The second kappa shape index (κ2) is 10.5. The van der Waals surface area contributed by atoms with Crippen LogP contribution >= 0.6 is 0 Å². The van der Waals surface area contributed by atoms with Gasteiger partial charge < -0.3 is 24.8 Å². The van der Waals surface area contributed by atoms with Crippen molar-refractivity contribution in [2.24, 2.45) is 11.7 Å². The van der Waals surface area contributed by atoms with E-state index in [-0.39, 0.29) is 23.4 Å². The van der Waals surface area contributed by atoms with E-state index >= 15 is 0 Å². The third-order valence-corrected chi connectivity index (χ3v) is 6.54. The standard InChI is InChI=1S/C24H34FN5O3/c1-16(2)22-27-24(33-28-22)29-10-7-17(8-11-29)4-3-13-32-19-5-6-20(21(25)14-19)23(31)30-12-9-18(26)15-30/h5-6,14,16-18H,3-4,7-13,15,26H2,1-2H3/t18-/m0/s1. The topological polar surface area (TPSA) is 97.7 Å². The molecule has 2 aromatic rings. The lowest BCUT2D eigenvalue weighted by Gasteiger charge is -2.30. The molecule has 2 fully saturated rings. The van der Waals surface area contributed by atoms with E-state index < -0.39 is 5.82 Å². The Morgan fingerprint density at radius 1 is 1.27 bits per heavy atom. The molecule has 0 spiro atoms. The van der Waals surface area contributed by atoms with E-state index in [4.69, 9.17) is 15.0 Å². The Balaban J connectivity index is 1.17. The van der Waals surface area contributed by atoms with Crippen molar-refractivity contribution in [1.82, 2.24) is 15.0 Å². The van der Waals surface area contributed by atoms with Gasteiger partial charge in [-0.05, 0) is 50.2 Å². The van der Waals surface area contributed by atoms with E-state index in [1.54, 1.807) is 11.0 Å². The number of nitrogens with two attached hydrogens (primary N) is 1. The summed E-state index contributed by atoms with van der Waals surface area (Å²) in [6, 6.07) is 5.08. The van der Waals surface area contributed by atoms with Crippen LogP contribution in [0.4, 0.5) is 10.4 Å². The van der Waals surface area contributed by atoms with Crippen molar-refractivity contribution in [3.8, 4) is 5.75 Å². The minimum atomic E-state index is -0.549. The predicted octanol–water partition coefficient (Wildman–Crippen LogP) is 3.58. The zero-order valence-corrected chi connectivity index (χ0v) is 19.5. The molecule has 2 aliphatic rings. The highest BCUT2D eigenvalue weighted by Crippen LogP contribution is 2.26.